The molecule has 0 aromatic carbocycles. The summed E-state index contributed by atoms with van der Waals surface area (Å²) in [6, 6.07) is 0. The average molecular weight is 130 g/mol. The van der Waals surface area contributed by atoms with E-state index < -0.39 is 0 Å². The molecule has 9 heavy (non-hydrogen) atoms. The van der Waals surface area contributed by atoms with E-state index in [1.165, 1.54) is 12.5 Å². The van der Waals surface area contributed by atoms with Crippen molar-refractivity contribution in [2.45, 2.75) is 13.8 Å². The van der Waals surface area contributed by atoms with Gasteiger partial charge in [0.2, 0.25) is 0 Å². The fraction of sp³-hybridized carbons (Fsp3) is 0.333. The molecule has 0 radical (unpaired) electrons. The van der Waals surface area contributed by atoms with Crippen molar-refractivity contribution in [1.82, 2.24) is 0 Å². The van der Waals surface area contributed by atoms with Crippen LogP contribution in [0.1, 0.15) is 13.8 Å². The summed E-state index contributed by atoms with van der Waals surface area (Å²) in [5.74, 6) is 0. The Kier molecular flexibility index (Phi) is 6.29. The zero-order valence-corrected chi connectivity index (χ0v) is 5.53. The fourth-order valence-electron chi connectivity index (χ4n) is 0.179. The Morgan fingerprint density at radius 2 is 1.33 bits per heavy atom. The zero-order chi connectivity index (χ0) is 6.95. The summed E-state index contributed by atoms with van der Waals surface area (Å²) in [6.07, 6.45) is 6.09. The molecule has 0 saturated carbocycles. The topological polar surface area (TPSA) is 27.7 Å². The maximum absolute atomic E-state index is 4.33. The third-order valence-electron chi connectivity index (χ3n) is 0.462. The van der Waals surface area contributed by atoms with Crippen molar-refractivity contribution in [2.24, 2.45) is 0 Å². The van der Waals surface area contributed by atoms with E-state index in [9.17, 15) is 0 Å². The molecule has 0 bridgehead atoms. The van der Waals surface area contributed by atoms with Crippen LogP contribution < -0.4 is 0 Å². The minimum absolute atomic E-state index is 1.36. The standard InChI is InChI=1S/C6H10O3/c1-3-5-7-9-8-6-4-2/h3-6H,1-2H3. The second-order valence-corrected chi connectivity index (χ2v) is 1.20. The van der Waals surface area contributed by atoms with Crippen LogP contribution in [0.15, 0.2) is 24.7 Å². The molecule has 0 fully saturated rings. The van der Waals surface area contributed by atoms with Crippen LogP contribution in [-0.4, -0.2) is 0 Å². The van der Waals surface area contributed by atoms with E-state index in [-0.39, 0.29) is 0 Å². The summed E-state index contributed by atoms with van der Waals surface area (Å²) < 4.78 is 0. The molecule has 3 heteroatoms. The van der Waals surface area contributed by atoms with Crippen LogP contribution in [-0.2, 0) is 14.8 Å². The Labute approximate surface area is 54.4 Å². The second kappa shape index (κ2) is 7.04. The lowest BCUT2D eigenvalue weighted by Crippen LogP contribution is -1.82. The Balaban J connectivity index is 2.91. The summed E-state index contributed by atoms with van der Waals surface area (Å²) in [7, 11) is 0. The van der Waals surface area contributed by atoms with Crippen LogP contribution in [0.2, 0.25) is 0 Å². The van der Waals surface area contributed by atoms with E-state index in [2.05, 4.69) is 14.8 Å². The molecule has 52 valence electrons. The average Bonchev–Trinajstić information content (AvgIpc) is 1.89. The van der Waals surface area contributed by atoms with E-state index in [4.69, 9.17) is 0 Å². The van der Waals surface area contributed by atoms with Gasteiger partial charge in [-0.05, 0) is 26.0 Å². The third-order valence-corrected chi connectivity index (χ3v) is 0.462. The second-order valence-electron chi connectivity index (χ2n) is 1.20. The fourth-order valence-corrected chi connectivity index (χ4v) is 0.179. The van der Waals surface area contributed by atoms with Gasteiger partial charge in [0.15, 0.2) is 0 Å². The summed E-state index contributed by atoms with van der Waals surface area (Å²) in [5, 5.41) is 4.14. The molecule has 0 N–H and O–H groups in total. The van der Waals surface area contributed by atoms with Gasteiger partial charge < -0.3 is 9.78 Å². The molecule has 3 nitrogen and oxygen atoms in total. The van der Waals surface area contributed by atoms with Gasteiger partial charge in [-0.3, -0.25) is 0 Å². The molecule has 0 heterocycles. The van der Waals surface area contributed by atoms with Gasteiger partial charge in [0.25, 0.3) is 0 Å². The predicted molar refractivity (Wildman–Crippen MR) is 32.9 cm³/mol. The van der Waals surface area contributed by atoms with Crippen molar-refractivity contribution < 1.29 is 14.8 Å². The third kappa shape index (κ3) is 7.04. The molecule has 0 rings (SSSR count). The summed E-state index contributed by atoms with van der Waals surface area (Å²) >= 11 is 0. The van der Waals surface area contributed by atoms with E-state index in [1.807, 2.05) is 0 Å². The van der Waals surface area contributed by atoms with Gasteiger partial charge in [-0.25, -0.2) is 0 Å². The van der Waals surface area contributed by atoms with Crippen molar-refractivity contribution in [3.05, 3.63) is 24.7 Å². The number of hydrogen-bond acceptors (Lipinski definition) is 3. The first kappa shape index (κ1) is 8.04. The lowest BCUT2D eigenvalue weighted by Gasteiger charge is -1.92. The molecule has 0 atom stereocenters. The normalized spacial score (nSPS) is 10.9. The first-order valence-corrected chi connectivity index (χ1v) is 2.63. The van der Waals surface area contributed by atoms with Gasteiger partial charge in [0.05, 0.1) is 0 Å². The Hall–Kier alpha value is -0.960. The van der Waals surface area contributed by atoms with E-state index >= 15 is 0 Å². The Bertz CT molecular complexity index is 84.5. The molecular weight excluding hydrogens is 120 g/mol. The molecule has 0 aliphatic carbocycles. The number of hydrogen-bond donors (Lipinski definition) is 0. The van der Waals surface area contributed by atoms with E-state index in [1.54, 1.807) is 26.0 Å². The van der Waals surface area contributed by atoms with E-state index in [0.717, 1.165) is 0 Å². The maximum Gasteiger partial charge on any atom is 0.129 e. The van der Waals surface area contributed by atoms with Crippen molar-refractivity contribution in [3.63, 3.8) is 0 Å². The monoisotopic (exact) mass is 130 g/mol. The molecule has 0 unspecified atom stereocenters. The lowest BCUT2D eigenvalue weighted by atomic mass is 10.7. The Morgan fingerprint density at radius 1 is 0.889 bits per heavy atom. The highest BCUT2D eigenvalue weighted by Crippen LogP contribution is 1.83. The minimum Gasteiger partial charge on any atom is -0.308 e. The van der Waals surface area contributed by atoms with Crippen molar-refractivity contribution in [2.75, 3.05) is 0 Å². The van der Waals surface area contributed by atoms with Crippen LogP contribution in [0.25, 0.3) is 0 Å². The highest BCUT2D eigenvalue weighted by molar-refractivity contribution is 4.63. The predicted octanol–water partition coefficient (Wildman–Crippen LogP) is 1.93. The Morgan fingerprint density at radius 3 is 1.67 bits per heavy atom. The van der Waals surface area contributed by atoms with Crippen LogP contribution in [0.4, 0.5) is 0 Å². The smallest absolute Gasteiger partial charge is 0.129 e. The summed E-state index contributed by atoms with van der Waals surface area (Å²) in [6.45, 7) is 3.61. The SMILES string of the molecule is CC=COOOC=CC. The molecule has 0 aromatic heterocycles. The van der Waals surface area contributed by atoms with Crippen molar-refractivity contribution in [3.8, 4) is 0 Å². The molecule has 0 amide bonds. The van der Waals surface area contributed by atoms with Gasteiger partial charge in [-0.2, -0.15) is 0 Å². The molecular formula is C6H10O3. The van der Waals surface area contributed by atoms with Gasteiger partial charge in [-0.15, -0.1) is 0 Å². The summed E-state index contributed by atoms with van der Waals surface area (Å²) in [5.41, 5.74) is 0. The summed E-state index contributed by atoms with van der Waals surface area (Å²) in [4.78, 5) is 8.66. The molecule has 0 saturated heterocycles. The molecule has 0 aliphatic rings. The lowest BCUT2D eigenvalue weighted by molar-refractivity contribution is -0.465. The van der Waals surface area contributed by atoms with Gasteiger partial charge in [0.1, 0.15) is 12.5 Å². The number of allylic oxidation sites excluding steroid dienone is 2. The minimum atomic E-state index is 1.36. The van der Waals surface area contributed by atoms with Crippen LogP contribution in [0, 0.1) is 0 Å². The molecule has 0 aliphatic heterocycles. The quantitative estimate of drug-likeness (QED) is 0.252. The molecule has 0 aromatic rings. The van der Waals surface area contributed by atoms with E-state index in [0.29, 0.717) is 0 Å². The van der Waals surface area contributed by atoms with Gasteiger partial charge in [-0.1, -0.05) is 0 Å². The van der Waals surface area contributed by atoms with Crippen molar-refractivity contribution >= 4 is 0 Å². The first-order valence-electron chi connectivity index (χ1n) is 2.63. The van der Waals surface area contributed by atoms with Crippen LogP contribution in [0.5, 0.6) is 0 Å². The largest absolute Gasteiger partial charge is 0.308 e. The van der Waals surface area contributed by atoms with Crippen LogP contribution >= 0.6 is 0 Å². The highest BCUT2D eigenvalue weighted by atomic mass is 17.5. The highest BCUT2D eigenvalue weighted by Gasteiger charge is 1.73. The van der Waals surface area contributed by atoms with Gasteiger partial charge in [0, 0.05) is 5.04 Å². The van der Waals surface area contributed by atoms with Crippen LogP contribution in [0.3, 0.4) is 0 Å². The molecule has 0 spiro atoms. The number of rotatable bonds is 4. The van der Waals surface area contributed by atoms with Gasteiger partial charge >= 0.3 is 0 Å². The van der Waals surface area contributed by atoms with Crippen molar-refractivity contribution in [1.29, 1.82) is 0 Å². The maximum atomic E-state index is 4.33. The zero-order valence-electron chi connectivity index (χ0n) is 5.53. The first-order chi connectivity index (χ1) is 4.41.